The van der Waals surface area contributed by atoms with Crippen LogP contribution in [0.1, 0.15) is 17.2 Å². The number of esters is 1. The molecule has 3 aromatic carbocycles. The minimum atomic E-state index is -2.01. The van der Waals surface area contributed by atoms with E-state index in [1.807, 2.05) is 0 Å². The summed E-state index contributed by atoms with van der Waals surface area (Å²) in [6.45, 7) is -1.53. The van der Waals surface area contributed by atoms with Crippen LogP contribution in [0.4, 0.5) is 0 Å². The molecule has 4 aromatic rings. The normalized spacial score (nSPS) is 28.3. The van der Waals surface area contributed by atoms with Gasteiger partial charge in [-0.15, -0.1) is 0 Å². The van der Waals surface area contributed by atoms with E-state index in [2.05, 4.69) is 0 Å². The molecule has 0 aliphatic carbocycles. The highest BCUT2D eigenvalue weighted by atomic mass is 16.7. The molecule has 18 nitrogen and oxygen atoms in total. The van der Waals surface area contributed by atoms with Crippen LogP contribution in [0.25, 0.3) is 28.4 Å². The fourth-order valence-corrected chi connectivity index (χ4v) is 6.23. The third-order valence-corrected chi connectivity index (χ3v) is 9.24. The van der Waals surface area contributed by atoms with Gasteiger partial charge in [0, 0.05) is 23.8 Å². The van der Waals surface area contributed by atoms with Crippen molar-refractivity contribution in [2.75, 3.05) is 20.3 Å². The number of methoxy groups -OCH3 is 1. The van der Waals surface area contributed by atoms with E-state index >= 15 is 0 Å². The van der Waals surface area contributed by atoms with Crippen LogP contribution in [-0.2, 0) is 19.0 Å². The van der Waals surface area contributed by atoms with E-state index in [9.17, 15) is 60.7 Å². The third kappa shape index (κ3) is 7.94. The van der Waals surface area contributed by atoms with Gasteiger partial charge in [0.1, 0.15) is 95.5 Å². The molecular weight excluding hydrogens is 732 g/mol. The number of hydrogen-bond acceptors (Lipinski definition) is 18. The van der Waals surface area contributed by atoms with Crippen molar-refractivity contribution in [1.29, 1.82) is 0 Å². The Morgan fingerprint density at radius 3 is 2.18 bits per heavy atom. The second-order valence-corrected chi connectivity index (χ2v) is 12.8. The van der Waals surface area contributed by atoms with E-state index in [4.69, 9.17) is 28.1 Å². The lowest BCUT2D eigenvalue weighted by Crippen LogP contribution is -2.60. The maximum atomic E-state index is 13.5. The molecule has 2 aliphatic rings. The number of benzene rings is 3. The molecule has 294 valence electrons. The summed E-state index contributed by atoms with van der Waals surface area (Å²) in [6, 6.07) is 12.0. The van der Waals surface area contributed by atoms with Gasteiger partial charge in [-0.05, 0) is 48.0 Å². The number of phenols is 3. The minimum absolute atomic E-state index is 0.0172. The monoisotopic (exact) mass is 770 g/mol. The molecule has 55 heavy (non-hydrogen) atoms. The summed E-state index contributed by atoms with van der Waals surface area (Å²) in [4.78, 5) is 26.0. The number of phenolic OH excluding ortho intramolecular Hbond substituents is 3. The largest absolute Gasteiger partial charge is 0.508 e. The first kappa shape index (κ1) is 39.4. The molecule has 0 radical (unpaired) electrons. The van der Waals surface area contributed by atoms with Gasteiger partial charge in [-0.3, -0.25) is 4.79 Å². The van der Waals surface area contributed by atoms with Gasteiger partial charge in [0.15, 0.2) is 16.9 Å². The zero-order valence-electron chi connectivity index (χ0n) is 28.8. The molecule has 2 aliphatic heterocycles. The molecule has 0 saturated carbocycles. The van der Waals surface area contributed by atoms with E-state index in [1.165, 1.54) is 55.7 Å². The Kier molecular flexibility index (Phi) is 11.6. The number of fused-ring (bicyclic) bond motifs is 1. The van der Waals surface area contributed by atoms with Gasteiger partial charge in [-0.25, -0.2) is 4.79 Å². The van der Waals surface area contributed by atoms with Crippen molar-refractivity contribution < 1.29 is 84.0 Å². The molecule has 2 fully saturated rings. The summed E-state index contributed by atoms with van der Waals surface area (Å²) >= 11 is 0. The molecule has 0 amide bonds. The number of aromatic hydroxyl groups is 3. The molecule has 1 aromatic heterocycles. The third-order valence-electron chi connectivity index (χ3n) is 9.24. The van der Waals surface area contributed by atoms with Gasteiger partial charge >= 0.3 is 5.97 Å². The van der Waals surface area contributed by atoms with Crippen LogP contribution in [0.2, 0.25) is 0 Å². The van der Waals surface area contributed by atoms with Crippen molar-refractivity contribution in [3.63, 3.8) is 0 Å². The lowest BCUT2D eigenvalue weighted by molar-refractivity contribution is -0.279. The first-order chi connectivity index (χ1) is 26.2. The Labute approximate surface area is 310 Å². The van der Waals surface area contributed by atoms with Gasteiger partial charge in [0.25, 0.3) is 0 Å². The van der Waals surface area contributed by atoms with Crippen molar-refractivity contribution in [1.82, 2.24) is 0 Å². The molecule has 0 bridgehead atoms. The molecule has 4 unspecified atom stereocenters. The maximum absolute atomic E-state index is 13.5. The molecule has 10 N–H and O–H groups in total. The summed E-state index contributed by atoms with van der Waals surface area (Å²) in [5.74, 6) is -2.37. The zero-order chi connectivity index (χ0) is 39.7. The Morgan fingerprint density at radius 2 is 1.49 bits per heavy atom. The number of rotatable bonds is 10. The SMILES string of the molecule is COc1cc(/C=C/C(=O)OCC2O[C@@H](Oc3cc4oc(-c5ccc(O)cc5)cc(=O)c4c(O)c3[C@@H]3OC(CO)[C@@H](O)[C@H](O)C3O)C(O)[C@@H](O)[C@@H]2O)ccc1O. The second-order valence-electron chi connectivity index (χ2n) is 12.8. The first-order valence-corrected chi connectivity index (χ1v) is 16.7. The summed E-state index contributed by atoms with van der Waals surface area (Å²) < 4.78 is 33.5. The second kappa shape index (κ2) is 16.2. The summed E-state index contributed by atoms with van der Waals surface area (Å²) in [6.07, 6.45) is -15.9. The highest BCUT2D eigenvalue weighted by Gasteiger charge is 2.49. The van der Waals surface area contributed by atoms with Crippen LogP contribution >= 0.6 is 0 Å². The number of aliphatic hydroxyl groups is 7. The van der Waals surface area contributed by atoms with E-state index in [1.54, 1.807) is 0 Å². The van der Waals surface area contributed by atoms with E-state index in [-0.39, 0.29) is 28.6 Å². The zero-order valence-corrected chi connectivity index (χ0v) is 28.8. The smallest absolute Gasteiger partial charge is 0.330 e. The Bertz CT molecular complexity index is 2090. The standard InChI is InChI=1S/C37H38O18/c1-50-21-10-15(2-8-18(21)40)3-9-26(42)51-14-25-30(44)33(47)35(49)37(55-25)54-23-12-22-27(19(41)11-20(52-22)16-4-6-17(39)7-5-16)31(45)28(23)36-34(48)32(46)29(43)24(13-38)53-36/h2-12,24-25,29-30,32-40,43-49H,13-14H2,1H3/b9-3+/t24?,25?,29-,30-,32+,33+,34?,35?,36+,37-/m1/s1. The molecule has 18 heteroatoms. The molecule has 6 rings (SSSR count). The average Bonchev–Trinajstić information content (AvgIpc) is 3.17. The predicted octanol–water partition coefficient (Wildman–Crippen LogP) is -0.457. The summed E-state index contributed by atoms with van der Waals surface area (Å²) in [5, 5.41) is 105. The molecule has 0 spiro atoms. The number of carbonyl (C=O) groups is 1. The molecular formula is C37H38O18. The summed E-state index contributed by atoms with van der Waals surface area (Å²) in [5.41, 5.74) is -0.829. The maximum Gasteiger partial charge on any atom is 0.330 e. The van der Waals surface area contributed by atoms with Crippen molar-refractivity contribution in [3.8, 4) is 40.1 Å². The lowest BCUT2D eigenvalue weighted by atomic mass is 9.89. The van der Waals surface area contributed by atoms with Gasteiger partial charge < -0.3 is 79.2 Å². The number of hydrogen-bond donors (Lipinski definition) is 10. The van der Waals surface area contributed by atoms with Gasteiger partial charge in [-0.2, -0.15) is 0 Å². The van der Waals surface area contributed by atoms with Crippen LogP contribution < -0.4 is 14.9 Å². The van der Waals surface area contributed by atoms with Gasteiger partial charge in [-0.1, -0.05) is 6.07 Å². The van der Waals surface area contributed by atoms with Gasteiger partial charge in [0.2, 0.25) is 6.29 Å². The summed E-state index contributed by atoms with van der Waals surface area (Å²) in [7, 11) is 1.35. The Morgan fingerprint density at radius 1 is 0.800 bits per heavy atom. The van der Waals surface area contributed by atoms with Crippen LogP contribution in [0.5, 0.6) is 28.7 Å². The minimum Gasteiger partial charge on any atom is -0.508 e. The highest BCUT2D eigenvalue weighted by Crippen LogP contribution is 2.46. The molecule has 3 heterocycles. The fraction of sp³-hybridized carbons (Fsp3) is 0.351. The lowest BCUT2D eigenvalue weighted by Gasteiger charge is -2.42. The van der Waals surface area contributed by atoms with Crippen molar-refractivity contribution in [2.24, 2.45) is 0 Å². The Balaban J connectivity index is 1.33. The van der Waals surface area contributed by atoms with Crippen molar-refractivity contribution in [2.45, 2.75) is 61.2 Å². The van der Waals surface area contributed by atoms with E-state index in [0.717, 1.165) is 18.2 Å². The number of ether oxygens (including phenoxy) is 5. The highest BCUT2D eigenvalue weighted by molar-refractivity contribution is 5.88. The topological polar surface area (TPSA) is 296 Å². The quantitative estimate of drug-likeness (QED) is 0.0721. The fourth-order valence-electron chi connectivity index (χ4n) is 6.23. The van der Waals surface area contributed by atoms with Crippen LogP contribution in [0.3, 0.4) is 0 Å². The van der Waals surface area contributed by atoms with Crippen molar-refractivity contribution >= 4 is 23.0 Å². The van der Waals surface area contributed by atoms with E-state index < -0.39 is 108 Å². The van der Waals surface area contributed by atoms with Gasteiger partial charge in [0.05, 0.1) is 19.3 Å². The van der Waals surface area contributed by atoms with Crippen LogP contribution in [0.15, 0.2) is 69.9 Å². The predicted molar refractivity (Wildman–Crippen MR) is 186 cm³/mol. The number of carbonyl (C=O) groups excluding carboxylic acids is 1. The van der Waals surface area contributed by atoms with E-state index in [0.29, 0.717) is 11.1 Å². The molecule has 2 saturated heterocycles. The number of aliphatic hydroxyl groups excluding tert-OH is 7. The average molecular weight is 771 g/mol. The van der Waals surface area contributed by atoms with Crippen LogP contribution in [-0.4, -0.2) is 132 Å². The first-order valence-electron chi connectivity index (χ1n) is 16.7. The van der Waals surface area contributed by atoms with Crippen LogP contribution in [0, 0.1) is 0 Å². The molecule has 10 atom stereocenters. The Hall–Kier alpha value is -5.28. The van der Waals surface area contributed by atoms with Crippen molar-refractivity contribution in [3.05, 3.63) is 82.0 Å².